The number of hydrogen-bond donors (Lipinski definition) is 0. The lowest BCUT2D eigenvalue weighted by Crippen LogP contribution is -2.73. The van der Waals surface area contributed by atoms with Crippen LogP contribution in [-0.2, 0) is 24.0 Å². The number of carbonyl (C=O) groups excluding carboxylic acids is 1. The van der Waals surface area contributed by atoms with Crippen molar-refractivity contribution in [2.75, 3.05) is 7.11 Å². The van der Waals surface area contributed by atoms with Crippen molar-refractivity contribution in [3.8, 4) is 0 Å². The molecule has 4 aliphatic rings. The zero-order valence-electron chi connectivity index (χ0n) is 12.5. The number of ether oxygens (including phenoxy) is 2. The molecule has 5 heteroatoms. The highest BCUT2D eigenvalue weighted by atomic mass is 17.3. The monoisotopic (exact) mass is 282 g/mol. The molecule has 3 unspecified atom stereocenters. The van der Waals surface area contributed by atoms with E-state index in [1.165, 1.54) is 7.11 Å². The normalized spacial score (nSPS) is 45.0. The summed E-state index contributed by atoms with van der Waals surface area (Å²) in [5.74, 6) is -1.54. The molecule has 0 aromatic heterocycles. The molecule has 3 atom stereocenters. The number of rotatable bonds is 2. The van der Waals surface area contributed by atoms with Crippen molar-refractivity contribution in [1.29, 1.82) is 0 Å². The smallest absolute Gasteiger partial charge is 0.311 e. The summed E-state index contributed by atoms with van der Waals surface area (Å²) in [7, 11) is 1.35. The van der Waals surface area contributed by atoms with Gasteiger partial charge in [-0.1, -0.05) is 13.8 Å². The van der Waals surface area contributed by atoms with Crippen molar-refractivity contribution in [1.82, 2.24) is 0 Å². The van der Waals surface area contributed by atoms with Crippen LogP contribution in [0.1, 0.15) is 46.5 Å². The summed E-state index contributed by atoms with van der Waals surface area (Å²) in [6.45, 7) is 6.38. The molecule has 3 aliphatic heterocycles. The quantitative estimate of drug-likeness (QED) is 0.442. The van der Waals surface area contributed by atoms with Crippen molar-refractivity contribution in [3.05, 3.63) is 12.2 Å². The molecule has 0 aromatic rings. The van der Waals surface area contributed by atoms with Crippen LogP contribution < -0.4 is 0 Å². The van der Waals surface area contributed by atoms with Crippen LogP contribution in [0.25, 0.3) is 0 Å². The van der Waals surface area contributed by atoms with Gasteiger partial charge >= 0.3 is 5.97 Å². The number of esters is 1. The molecular weight excluding hydrogens is 260 g/mol. The topological polar surface area (TPSA) is 54.0 Å². The molecule has 0 amide bonds. The predicted molar refractivity (Wildman–Crippen MR) is 70.5 cm³/mol. The van der Waals surface area contributed by atoms with Gasteiger partial charge in [0.2, 0.25) is 5.79 Å². The maximum absolute atomic E-state index is 11.6. The number of carbonyl (C=O) groups is 1. The number of hydrogen-bond acceptors (Lipinski definition) is 5. The lowest BCUT2D eigenvalue weighted by molar-refractivity contribution is -0.551. The Morgan fingerprint density at radius 2 is 1.95 bits per heavy atom. The van der Waals surface area contributed by atoms with Crippen molar-refractivity contribution < 1.29 is 24.0 Å². The minimum Gasteiger partial charge on any atom is -0.469 e. The van der Waals surface area contributed by atoms with Gasteiger partial charge in [-0.2, -0.15) is 4.89 Å². The average Bonchev–Trinajstić information content (AvgIpc) is 2.37. The first-order valence-electron chi connectivity index (χ1n) is 7.12. The Kier molecular flexibility index (Phi) is 2.85. The van der Waals surface area contributed by atoms with Gasteiger partial charge in [-0.15, -0.1) is 0 Å². The SMILES string of the molecule is COC(=O)CC12C=CC3(OO1)C(C)(C)CCCC3(C)O2. The van der Waals surface area contributed by atoms with E-state index in [2.05, 4.69) is 13.8 Å². The second-order valence-corrected chi connectivity index (χ2v) is 6.87. The molecule has 0 radical (unpaired) electrons. The molecule has 4 rings (SSSR count). The van der Waals surface area contributed by atoms with Crippen LogP contribution in [0.2, 0.25) is 0 Å². The van der Waals surface area contributed by atoms with E-state index in [1.807, 2.05) is 19.1 Å². The molecule has 1 spiro atoms. The highest BCUT2D eigenvalue weighted by molar-refractivity contribution is 5.70. The maximum Gasteiger partial charge on any atom is 0.311 e. The molecule has 2 fully saturated rings. The average molecular weight is 282 g/mol. The van der Waals surface area contributed by atoms with Gasteiger partial charge in [-0.25, -0.2) is 4.89 Å². The Labute approximate surface area is 119 Å². The molecule has 0 aromatic carbocycles. The van der Waals surface area contributed by atoms with Gasteiger partial charge < -0.3 is 9.47 Å². The fraction of sp³-hybridized carbons (Fsp3) is 0.800. The Hall–Kier alpha value is -0.910. The Balaban J connectivity index is 2.00. The minimum atomic E-state index is -1.16. The van der Waals surface area contributed by atoms with Crippen LogP contribution in [0.15, 0.2) is 12.2 Å². The van der Waals surface area contributed by atoms with E-state index in [0.717, 1.165) is 19.3 Å². The molecule has 112 valence electrons. The molecule has 3 heterocycles. The van der Waals surface area contributed by atoms with Gasteiger partial charge in [-0.05, 0) is 38.3 Å². The lowest BCUT2D eigenvalue weighted by atomic mass is 9.57. The van der Waals surface area contributed by atoms with Crippen LogP contribution in [0.3, 0.4) is 0 Å². The maximum atomic E-state index is 11.6. The van der Waals surface area contributed by atoms with Crippen molar-refractivity contribution in [3.63, 3.8) is 0 Å². The van der Waals surface area contributed by atoms with Crippen molar-refractivity contribution >= 4 is 5.97 Å². The summed E-state index contributed by atoms with van der Waals surface area (Å²) in [6.07, 6.45) is 6.82. The molecule has 1 aliphatic carbocycles. The number of methoxy groups -OCH3 is 1. The Morgan fingerprint density at radius 3 is 2.55 bits per heavy atom. The highest BCUT2D eigenvalue weighted by Gasteiger charge is 2.69. The van der Waals surface area contributed by atoms with Crippen LogP contribution in [0.5, 0.6) is 0 Å². The summed E-state index contributed by atoms with van der Waals surface area (Å²) in [5.41, 5.74) is -1.18. The molecular formula is C15H22O5. The summed E-state index contributed by atoms with van der Waals surface area (Å²) in [5, 5.41) is 0. The van der Waals surface area contributed by atoms with Gasteiger partial charge in [0.25, 0.3) is 0 Å². The second kappa shape index (κ2) is 4.06. The van der Waals surface area contributed by atoms with E-state index in [-0.39, 0.29) is 17.8 Å². The highest BCUT2D eigenvalue weighted by Crippen LogP contribution is 2.60. The summed E-state index contributed by atoms with van der Waals surface area (Å²) in [4.78, 5) is 22.9. The molecule has 0 N–H and O–H groups in total. The van der Waals surface area contributed by atoms with E-state index in [4.69, 9.17) is 19.2 Å². The van der Waals surface area contributed by atoms with Crippen LogP contribution in [0.4, 0.5) is 0 Å². The lowest BCUT2D eigenvalue weighted by Gasteiger charge is -2.64. The molecule has 1 saturated heterocycles. The minimum absolute atomic E-state index is 0.00784. The molecule has 5 nitrogen and oxygen atoms in total. The third-order valence-electron chi connectivity index (χ3n) is 5.15. The van der Waals surface area contributed by atoms with Gasteiger partial charge in [0.1, 0.15) is 12.0 Å². The zero-order valence-corrected chi connectivity index (χ0v) is 12.5. The van der Waals surface area contributed by atoms with Crippen molar-refractivity contribution in [2.45, 2.75) is 63.4 Å². The van der Waals surface area contributed by atoms with Crippen LogP contribution >= 0.6 is 0 Å². The van der Waals surface area contributed by atoms with Gasteiger partial charge in [-0.3, -0.25) is 4.79 Å². The summed E-state index contributed by atoms with van der Waals surface area (Å²) in [6, 6.07) is 0. The Morgan fingerprint density at radius 1 is 1.20 bits per heavy atom. The summed E-state index contributed by atoms with van der Waals surface area (Å²) < 4.78 is 10.9. The second-order valence-electron chi connectivity index (χ2n) is 6.87. The number of fused-ring (bicyclic) bond motifs is 1. The first-order chi connectivity index (χ1) is 9.28. The first-order valence-corrected chi connectivity index (χ1v) is 7.12. The van der Waals surface area contributed by atoms with Gasteiger partial charge in [0.15, 0.2) is 5.60 Å². The van der Waals surface area contributed by atoms with E-state index in [1.54, 1.807) is 0 Å². The third kappa shape index (κ3) is 1.63. The van der Waals surface area contributed by atoms with E-state index in [9.17, 15) is 4.79 Å². The fourth-order valence-electron chi connectivity index (χ4n) is 3.95. The first kappa shape index (κ1) is 14.0. The predicted octanol–water partition coefficient (Wildman–Crippen LogP) is 2.50. The van der Waals surface area contributed by atoms with Crippen molar-refractivity contribution in [2.24, 2.45) is 5.41 Å². The molecule has 20 heavy (non-hydrogen) atoms. The molecule has 1 saturated carbocycles. The standard InChI is InChI=1S/C15H22O5/c1-12(2)6-5-7-13(3)15(12)9-8-14(18-13,19-20-15)10-11(16)17-4/h8-9H,5-7,10H2,1-4H3. The largest absolute Gasteiger partial charge is 0.469 e. The molecule has 2 bridgehead atoms. The van der Waals surface area contributed by atoms with E-state index in [0.29, 0.717) is 0 Å². The third-order valence-corrected chi connectivity index (χ3v) is 5.15. The van der Waals surface area contributed by atoms with Gasteiger partial charge in [0.05, 0.1) is 7.11 Å². The van der Waals surface area contributed by atoms with Crippen LogP contribution in [0, 0.1) is 5.41 Å². The van der Waals surface area contributed by atoms with E-state index >= 15 is 0 Å². The fourth-order valence-corrected chi connectivity index (χ4v) is 3.95. The van der Waals surface area contributed by atoms with E-state index < -0.39 is 17.0 Å². The zero-order chi connectivity index (χ0) is 14.6. The Bertz CT molecular complexity index is 471. The van der Waals surface area contributed by atoms with Crippen LogP contribution in [-0.4, -0.2) is 30.1 Å². The summed E-state index contributed by atoms with van der Waals surface area (Å²) >= 11 is 0. The van der Waals surface area contributed by atoms with Gasteiger partial charge in [0, 0.05) is 5.41 Å².